The van der Waals surface area contributed by atoms with Gasteiger partial charge >= 0.3 is 6.98 Å². The van der Waals surface area contributed by atoms with Gasteiger partial charge in [0.15, 0.2) is 5.88 Å². The highest BCUT2D eigenvalue weighted by molar-refractivity contribution is 6.74. The summed E-state index contributed by atoms with van der Waals surface area (Å²) in [5, 5.41) is 1.07. The molecule has 0 radical (unpaired) electrons. The predicted octanol–water partition coefficient (Wildman–Crippen LogP) is 3.57. The van der Waals surface area contributed by atoms with E-state index in [0.717, 1.165) is 29.2 Å². The smallest absolute Gasteiger partial charge is 0.479 e. The van der Waals surface area contributed by atoms with Crippen molar-refractivity contribution in [2.24, 2.45) is 5.92 Å². The summed E-state index contributed by atoms with van der Waals surface area (Å²) in [4.78, 5) is 12.1. The molecule has 8 heteroatoms. The maximum absolute atomic E-state index is 13.1. The van der Waals surface area contributed by atoms with Gasteiger partial charge in [-0.05, 0) is 30.9 Å². The van der Waals surface area contributed by atoms with Crippen molar-refractivity contribution in [3.63, 3.8) is 0 Å². The van der Waals surface area contributed by atoms with Gasteiger partial charge in [-0.25, -0.2) is 9.97 Å². The van der Waals surface area contributed by atoms with E-state index in [1.165, 1.54) is 0 Å². The van der Waals surface area contributed by atoms with Gasteiger partial charge in [-0.2, -0.15) is 0 Å². The summed E-state index contributed by atoms with van der Waals surface area (Å²) in [5.41, 5.74) is 0.998. The zero-order chi connectivity index (χ0) is 18.3. The van der Waals surface area contributed by atoms with Crippen molar-refractivity contribution in [3.05, 3.63) is 54.1 Å². The van der Waals surface area contributed by atoms with Crippen molar-refractivity contribution in [2.75, 3.05) is 6.61 Å². The van der Waals surface area contributed by atoms with Gasteiger partial charge in [0.25, 0.3) is 0 Å². The van der Waals surface area contributed by atoms with Crippen LogP contribution in [0.5, 0.6) is 5.88 Å². The molecule has 0 saturated heterocycles. The van der Waals surface area contributed by atoms with Crippen LogP contribution in [0, 0.1) is 12.8 Å². The van der Waals surface area contributed by atoms with Gasteiger partial charge in [0.2, 0.25) is 0 Å². The number of hydrogen-bond donors (Lipinski definition) is 0. The van der Waals surface area contributed by atoms with Gasteiger partial charge in [0.05, 0.1) is 12.1 Å². The molecular formula is C18H16BF3N3O-. The minimum Gasteiger partial charge on any atom is -0.479 e. The molecule has 26 heavy (non-hydrogen) atoms. The van der Waals surface area contributed by atoms with Crippen LogP contribution in [0.2, 0.25) is 0 Å². The van der Waals surface area contributed by atoms with Crippen LogP contribution >= 0.6 is 0 Å². The van der Waals surface area contributed by atoms with Crippen molar-refractivity contribution in [3.8, 4) is 5.88 Å². The molecule has 4 nitrogen and oxygen atoms in total. The zero-order valence-corrected chi connectivity index (χ0v) is 14.1. The quantitative estimate of drug-likeness (QED) is 0.655. The van der Waals surface area contributed by atoms with E-state index in [9.17, 15) is 12.9 Å². The van der Waals surface area contributed by atoms with E-state index in [-0.39, 0.29) is 30.1 Å². The van der Waals surface area contributed by atoms with E-state index in [1.807, 2.05) is 36.4 Å². The lowest BCUT2D eigenvalue weighted by Gasteiger charge is -2.18. The second-order valence-electron chi connectivity index (χ2n) is 6.59. The molecule has 0 spiro atoms. The predicted molar refractivity (Wildman–Crippen MR) is 93.6 cm³/mol. The minimum atomic E-state index is -5.21. The van der Waals surface area contributed by atoms with E-state index >= 15 is 0 Å². The number of pyridine rings is 1. The van der Waals surface area contributed by atoms with Gasteiger partial charge in [0.1, 0.15) is 5.82 Å². The van der Waals surface area contributed by atoms with E-state index in [0.29, 0.717) is 0 Å². The Labute approximate surface area is 148 Å². The standard InChI is InChI=1S/C18H16BF3N3O/c1-11-23-9-15(19(20,21)22)18(24-11)26-10-13-8-14(13)17-7-6-12-4-2-3-5-16(12)25-17/h2-7,9,13-14H,8,10H2,1H3/q-1/t13-,14+/m1/s1. The van der Waals surface area contributed by atoms with Gasteiger partial charge in [0, 0.05) is 29.1 Å². The molecular weight excluding hydrogens is 342 g/mol. The second kappa shape index (κ2) is 6.27. The molecule has 134 valence electrons. The maximum Gasteiger partial charge on any atom is 0.516 e. The van der Waals surface area contributed by atoms with Crippen LogP contribution in [0.3, 0.4) is 0 Å². The summed E-state index contributed by atoms with van der Waals surface area (Å²) in [6.07, 6.45) is 1.65. The van der Waals surface area contributed by atoms with Crippen molar-refractivity contribution in [2.45, 2.75) is 19.3 Å². The van der Waals surface area contributed by atoms with E-state index < -0.39 is 12.4 Å². The first-order valence-corrected chi connectivity index (χ1v) is 8.44. The zero-order valence-electron chi connectivity index (χ0n) is 14.1. The lowest BCUT2D eigenvalue weighted by Crippen LogP contribution is -2.37. The number of nitrogens with zero attached hydrogens (tertiary/aromatic N) is 3. The lowest BCUT2D eigenvalue weighted by molar-refractivity contribution is 0.285. The van der Waals surface area contributed by atoms with Crippen LogP contribution in [-0.2, 0) is 0 Å². The van der Waals surface area contributed by atoms with Crippen LogP contribution in [0.1, 0.15) is 23.9 Å². The van der Waals surface area contributed by atoms with Crippen molar-refractivity contribution in [1.82, 2.24) is 15.0 Å². The number of hydrogen-bond acceptors (Lipinski definition) is 4. The summed E-state index contributed by atoms with van der Waals surface area (Å²) in [5.74, 6) is 0.240. The Morgan fingerprint density at radius 3 is 2.73 bits per heavy atom. The fourth-order valence-corrected chi connectivity index (χ4v) is 3.07. The SMILES string of the molecule is Cc1ncc([B-](F)(F)F)c(OC[C@H]2C[C@@H]2c2ccc3ccccc3n2)n1. The maximum atomic E-state index is 13.1. The van der Waals surface area contributed by atoms with Crippen molar-refractivity contribution in [1.29, 1.82) is 0 Å². The summed E-state index contributed by atoms with van der Waals surface area (Å²) < 4.78 is 44.7. The number of rotatable bonds is 5. The first kappa shape index (κ1) is 16.8. The first-order chi connectivity index (χ1) is 12.4. The third kappa shape index (κ3) is 3.36. The van der Waals surface area contributed by atoms with E-state index in [2.05, 4.69) is 15.0 Å². The van der Waals surface area contributed by atoms with Crippen molar-refractivity contribution < 1.29 is 17.7 Å². The van der Waals surface area contributed by atoms with Crippen LogP contribution in [0.4, 0.5) is 12.9 Å². The molecule has 4 rings (SSSR count). The molecule has 0 aliphatic heterocycles. The Hall–Kier alpha value is -2.64. The highest BCUT2D eigenvalue weighted by atomic mass is 19.4. The van der Waals surface area contributed by atoms with Gasteiger partial charge in [-0.3, -0.25) is 4.98 Å². The molecule has 0 N–H and O–H groups in total. The molecule has 3 aromatic rings. The molecule has 1 aliphatic rings. The molecule has 1 aliphatic carbocycles. The molecule has 0 amide bonds. The molecule has 0 unspecified atom stereocenters. The Kier molecular flexibility index (Phi) is 4.05. The number of aromatic nitrogens is 3. The summed E-state index contributed by atoms with van der Waals surface area (Å²) in [6.45, 7) is -3.48. The van der Waals surface area contributed by atoms with Crippen molar-refractivity contribution >= 4 is 23.3 Å². The average molecular weight is 358 g/mol. The van der Waals surface area contributed by atoms with E-state index in [4.69, 9.17) is 4.74 Å². The highest BCUT2D eigenvalue weighted by Gasteiger charge is 2.40. The Balaban J connectivity index is 1.46. The second-order valence-corrected chi connectivity index (χ2v) is 6.59. The molecule has 0 bridgehead atoms. The third-order valence-electron chi connectivity index (χ3n) is 4.61. The molecule has 1 fully saturated rings. The normalized spacial score (nSPS) is 19.5. The number of ether oxygens (including phenoxy) is 1. The summed E-state index contributed by atoms with van der Waals surface area (Å²) in [7, 11) is 0. The Morgan fingerprint density at radius 1 is 1.12 bits per heavy atom. The van der Waals surface area contributed by atoms with Gasteiger partial charge in [-0.15, -0.1) is 0 Å². The van der Waals surface area contributed by atoms with Crippen LogP contribution < -0.4 is 10.2 Å². The number of aryl methyl sites for hydroxylation is 1. The lowest BCUT2D eigenvalue weighted by atomic mass is 9.82. The van der Waals surface area contributed by atoms with Gasteiger partial charge < -0.3 is 17.7 Å². The van der Waals surface area contributed by atoms with Gasteiger partial charge in [-0.1, -0.05) is 24.3 Å². The number of halogens is 3. The number of para-hydroxylation sites is 1. The summed E-state index contributed by atoms with van der Waals surface area (Å²) in [6, 6.07) is 11.8. The van der Waals surface area contributed by atoms with Crippen LogP contribution in [0.25, 0.3) is 10.9 Å². The average Bonchev–Trinajstić information content (AvgIpc) is 3.38. The topological polar surface area (TPSA) is 47.9 Å². The molecule has 2 aromatic heterocycles. The van der Waals surface area contributed by atoms with E-state index in [1.54, 1.807) is 6.92 Å². The first-order valence-electron chi connectivity index (χ1n) is 8.44. The molecule has 2 heterocycles. The minimum absolute atomic E-state index is 0.146. The fourth-order valence-electron chi connectivity index (χ4n) is 3.07. The Bertz CT molecular complexity index is 964. The van der Waals surface area contributed by atoms with Crippen LogP contribution in [-0.4, -0.2) is 28.5 Å². The third-order valence-corrected chi connectivity index (χ3v) is 4.61. The number of benzene rings is 1. The Morgan fingerprint density at radius 2 is 1.92 bits per heavy atom. The molecule has 1 saturated carbocycles. The monoisotopic (exact) mass is 358 g/mol. The summed E-state index contributed by atoms with van der Waals surface area (Å²) >= 11 is 0. The molecule has 1 aromatic carbocycles. The van der Waals surface area contributed by atoms with Crippen LogP contribution in [0.15, 0.2) is 42.6 Å². The fraction of sp³-hybridized carbons (Fsp3) is 0.278. The number of fused-ring (bicyclic) bond motifs is 1. The highest BCUT2D eigenvalue weighted by Crippen LogP contribution is 2.47. The largest absolute Gasteiger partial charge is 0.516 e. The molecule has 2 atom stereocenters.